The molecule has 0 bridgehead atoms. The smallest absolute Gasteiger partial charge is 0.252 e. The molecule has 0 atom stereocenters. The summed E-state index contributed by atoms with van der Waals surface area (Å²) in [5.41, 5.74) is 1.19. The van der Waals surface area contributed by atoms with Crippen LogP contribution in [-0.2, 0) is 4.79 Å². The Morgan fingerprint density at radius 3 is 2.50 bits per heavy atom. The van der Waals surface area contributed by atoms with Gasteiger partial charge in [0, 0.05) is 18.7 Å². The van der Waals surface area contributed by atoms with Crippen LogP contribution in [0.25, 0.3) is 0 Å². The van der Waals surface area contributed by atoms with Crippen LogP contribution in [0.15, 0.2) is 12.1 Å². The number of hydrogen-bond donors (Lipinski definition) is 1. The molecule has 0 radical (unpaired) electrons. The summed E-state index contributed by atoms with van der Waals surface area (Å²) >= 11 is 0. The molecule has 0 spiro atoms. The van der Waals surface area contributed by atoms with Crippen LogP contribution in [0.3, 0.4) is 0 Å². The van der Waals surface area contributed by atoms with Gasteiger partial charge in [-0.3, -0.25) is 4.79 Å². The first-order valence-corrected chi connectivity index (χ1v) is 7.92. The lowest BCUT2D eigenvalue weighted by molar-refractivity contribution is -0.122. The van der Waals surface area contributed by atoms with E-state index in [0.717, 1.165) is 23.5 Å². The number of nitrogens with zero attached hydrogens (tertiary/aromatic N) is 1. The number of amides is 1. The Bertz CT molecular complexity index is 596. The molecule has 0 aliphatic carbocycles. The molecule has 2 aliphatic heterocycles. The van der Waals surface area contributed by atoms with Crippen molar-refractivity contribution in [1.82, 2.24) is 0 Å². The minimum atomic E-state index is -0.617. The number of nitrogens with one attached hydrogen (secondary N) is 1. The highest BCUT2D eigenvalue weighted by atomic mass is 16.6. The molecular formula is C17H24N2O3. The Balaban J connectivity index is 2.01. The fourth-order valence-corrected chi connectivity index (χ4v) is 2.85. The second-order valence-corrected chi connectivity index (χ2v) is 6.90. The van der Waals surface area contributed by atoms with Gasteiger partial charge in [0.2, 0.25) is 0 Å². The van der Waals surface area contributed by atoms with E-state index in [1.807, 2.05) is 30.9 Å². The molecule has 1 aromatic rings. The van der Waals surface area contributed by atoms with E-state index in [1.54, 1.807) is 0 Å². The van der Waals surface area contributed by atoms with Gasteiger partial charge in [-0.1, -0.05) is 13.8 Å². The number of fused-ring (bicyclic) bond motifs is 2. The van der Waals surface area contributed by atoms with Crippen molar-refractivity contribution in [2.24, 2.45) is 5.92 Å². The molecule has 5 heteroatoms. The number of anilines is 2. The highest BCUT2D eigenvalue weighted by Crippen LogP contribution is 2.44. The van der Waals surface area contributed by atoms with Crippen LogP contribution in [0.2, 0.25) is 0 Å². The minimum Gasteiger partial charge on any atom is -0.486 e. The number of hydrogen-bond acceptors (Lipinski definition) is 4. The van der Waals surface area contributed by atoms with Crippen LogP contribution in [-0.4, -0.2) is 31.2 Å². The average molecular weight is 304 g/mol. The van der Waals surface area contributed by atoms with Crippen LogP contribution in [0.1, 0.15) is 34.1 Å². The number of carbonyl (C=O) groups is 1. The fourth-order valence-electron chi connectivity index (χ4n) is 2.85. The summed E-state index contributed by atoms with van der Waals surface area (Å²) in [6, 6.07) is 3.87. The molecule has 0 saturated heterocycles. The molecule has 1 N–H and O–H groups in total. The normalized spacial score (nSPS) is 19.0. The molecule has 22 heavy (non-hydrogen) atoms. The minimum absolute atomic E-state index is 0.0947. The van der Waals surface area contributed by atoms with Gasteiger partial charge in [-0.2, -0.15) is 0 Å². The number of benzene rings is 1. The van der Waals surface area contributed by atoms with Crippen molar-refractivity contribution in [2.75, 3.05) is 30.0 Å². The summed E-state index contributed by atoms with van der Waals surface area (Å²) < 4.78 is 11.3. The summed E-state index contributed by atoms with van der Waals surface area (Å²) in [6.45, 7) is 9.99. The lowest BCUT2D eigenvalue weighted by Crippen LogP contribution is -2.54. The lowest BCUT2D eigenvalue weighted by atomic mass is 9.97. The molecule has 120 valence electrons. The van der Waals surface area contributed by atoms with Crippen molar-refractivity contribution in [2.45, 2.75) is 39.7 Å². The molecule has 0 saturated carbocycles. The molecule has 1 aromatic carbocycles. The summed E-state index contributed by atoms with van der Waals surface area (Å²) in [4.78, 5) is 14.7. The molecule has 2 aliphatic rings. The molecule has 5 nitrogen and oxygen atoms in total. The Morgan fingerprint density at radius 2 is 1.86 bits per heavy atom. The first kappa shape index (κ1) is 15.0. The predicted molar refractivity (Wildman–Crippen MR) is 86.9 cm³/mol. The van der Waals surface area contributed by atoms with Gasteiger partial charge < -0.3 is 19.7 Å². The molecule has 1 amide bonds. The average Bonchev–Trinajstić information content (AvgIpc) is 2.45. The van der Waals surface area contributed by atoms with Crippen molar-refractivity contribution in [1.29, 1.82) is 0 Å². The Morgan fingerprint density at radius 1 is 1.23 bits per heavy atom. The van der Waals surface area contributed by atoms with Crippen LogP contribution in [0.4, 0.5) is 11.4 Å². The van der Waals surface area contributed by atoms with Gasteiger partial charge in [0.25, 0.3) is 5.91 Å². The van der Waals surface area contributed by atoms with Crippen LogP contribution in [0, 0.1) is 5.92 Å². The van der Waals surface area contributed by atoms with Crippen molar-refractivity contribution in [3.8, 4) is 11.5 Å². The van der Waals surface area contributed by atoms with Crippen LogP contribution < -0.4 is 19.7 Å². The predicted octanol–water partition coefficient (Wildman–Crippen LogP) is 3.04. The quantitative estimate of drug-likeness (QED) is 0.932. The van der Waals surface area contributed by atoms with E-state index < -0.39 is 5.54 Å². The zero-order valence-corrected chi connectivity index (χ0v) is 13.7. The SMILES string of the molecule is CC(C)CCN1C(=O)C(C)(C)Nc2cc3c(cc21)OCCO3. The lowest BCUT2D eigenvalue weighted by Gasteiger charge is -2.40. The summed E-state index contributed by atoms with van der Waals surface area (Å²) in [5, 5.41) is 3.33. The van der Waals surface area contributed by atoms with Gasteiger partial charge in [0.15, 0.2) is 11.5 Å². The second-order valence-electron chi connectivity index (χ2n) is 6.90. The molecule has 2 heterocycles. The zero-order valence-electron chi connectivity index (χ0n) is 13.7. The second kappa shape index (κ2) is 5.38. The van der Waals surface area contributed by atoms with E-state index in [4.69, 9.17) is 9.47 Å². The standard InChI is InChI=1S/C17H24N2O3/c1-11(2)5-6-19-13-10-15-14(21-7-8-22-15)9-12(13)18-17(3,4)16(19)20/h9-11,18H,5-8H2,1-4H3. The Labute approximate surface area is 131 Å². The maximum Gasteiger partial charge on any atom is 0.252 e. The van der Waals surface area contributed by atoms with Gasteiger partial charge in [-0.05, 0) is 26.2 Å². The Hall–Kier alpha value is -1.91. The van der Waals surface area contributed by atoms with E-state index in [-0.39, 0.29) is 5.91 Å². The maximum atomic E-state index is 12.8. The van der Waals surface area contributed by atoms with Crippen molar-refractivity contribution < 1.29 is 14.3 Å². The molecule has 0 fully saturated rings. The maximum absolute atomic E-state index is 12.8. The zero-order chi connectivity index (χ0) is 15.9. The molecular weight excluding hydrogens is 280 g/mol. The molecule has 0 aromatic heterocycles. The molecule has 0 unspecified atom stereocenters. The first-order valence-electron chi connectivity index (χ1n) is 7.92. The summed E-state index contributed by atoms with van der Waals surface area (Å²) in [6.07, 6.45) is 0.968. The third kappa shape index (κ3) is 2.60. The number of ether oxygens (including phenoxy) is 2. The van der Waals surface area contributed by atoms with E-state index in [2.05, 4.69) is 19.2 Å². The summed E-state index contributed by atoms with van der Waals surface area (Å²) in [7, 11) is 0. The van der Waals surface area contributed by atoms with Gasteiger partial charge >= 0.3 is 0 Å². The molecule has 3 rings (SSSR count). The van der Waals surface area contributed by atoms with Crippen LogP contribution >= 0.6 is 0 Å². The van der Waals surface area contributed by atoms with Gasteiger partial charge in [-0.15, -0.1) is 0 Å². The third-order valence-electron chi connectivity index (χ3n) is 4.11. The van der Waals surface area contributed by atoms with Gasteiger partial charge in [0.05, 0.1) is 11.4 Å². The third-order valence-corrected chi connectivity index (χ3v) is 4.11. The largest absolute Gasteiger partial charge is 0.486 e. The van der Waals surface area contributed by atoms with Crippen molar-refractivity contribution in [3.05, 3.63) is 12.1 Å². The fraction of sp³-hybridized carbons (Fsp3) is 0.588. The van der Waals surface area contributed by atoms with Crippen LogP contribution in [0.5, 0.6) is 11.5 Å². The number of carbonyl (C=O) groups excluding carboxylic acids is 1. The van der Waals surface area contributed by atoms with E-state index in [0.29, 0.717) is 31.4 Å². The number of rotatable bonds is 3. The highest BCUT2D eigenvalue weighted by Gasteiger charge is 2.39. The monoisotopic (exact) mass is 304 g/mol. The van der Waals surface area contributed by atoms with Gasteiger partial charge in [0.1, 0.15) is 18.8 Å². The van der Waals surface area contributed by atoms with E-state index >= 15 is 0 Å². The topological polar surface area (TPSA) is 50.8 Å². The highest BCUT2D eigenvalue weighted by molar-refractivity contribution is 6.07. The van der Waals surface area contributed by atoms with Gasteiger partial charge in [-0.25, -0.2) is 0 Å². The Kier molecular flexibility index (Phi) is 3.67. The first-order chi connectivity index (χ1) is 10.4. The van der Waals surface area contributed by atoms with E-state index in [9.17, 15) is 4.79 Å². The van der Waals surface area contributed by atoms with Crippen molar-refractivity contribution >= 4 is 17.3 Å². The van der Waals surface area contributed by atoms with E-state index in [1.165, 1.54) is 0 Å². The summed E-state index contributed by atoms with van der Waals surface area (Å²) in [5.74, 6) is 2.10. The van der Waals surface area contributed by atoms with Crippen molar-refractivity contribution in [3.63, 3.8) is 0 Å².